The molecular weight excluding hydrogens is 430 g/mol. The summed E-state index contributed by atoms with van der Waals surface area (Å²) in [5.41, 5.74) is 5.85. The Hall–Kier alpha value is -3.06. The lowest BCUT2D eigenvalue weighted by molar-refractivity contribution is -0.113. The van der Waals surface area contributed by atoms with Gasteiger partial charge in [0.25, 0.3) is 0 Å². The highest BCUT2D eigenvalue weighted by Gasteiger charge is 2.17. The minimum atomic E-state index is -0.0443. The largest absolute Gasteiger partial charge is 0.372 e. The lowest BCUT2D eigenvalue weighted by Gasteiger charge is -2.29. The van der Waals surface area contributed by atoms with Crippen molar-refractivity contribution >= 4 is 34.9 Å². The number of hydrogen-bond donors (Lipinski definition) is 1. The Morgan fingerprint density at radius 3 is 2.55 bits per heavy atom. The molecule has 1 amide bonds. The van der Waals surface area contributed by atoms with Crippen LogP contribution in [-0.2, 0) is 17.8 Å². The summed E-state index contributed by atoms with van der Waals surface area (Å²) in [7, 11) is 0. The van der Waals surface area contributed by atoms with E-state index in [0.29, 0.717) is 5.75 Å². The molecule has 0 unspecified atom stereocenters. The molecule has 0 aliphatic carbocycles. The lowest BCUT2D eigenvalue weighted by atomic mass is 10.00. The number of amides is 1. The maximum Gasteiger partial charge on any atom is 0.234 e. The zero-order valence-electron chi connectivity index (χ0n) is 19.5. The molecule has 0 saturated carbocycles. The van der Waals surface area contributed by atoms with E-state index in [9.17, 15) is 4.79 Å². The second-order valence-electron chi connectivity index (χ2n) is 8.18. The Labute approximate surface area is 200 Å². The van der Waals surface area contributed by atoms with Gasteiger partial charge in [0.05, 0.1) is 5.75 Å². The number of nitrogens with one attached hydrogen (secondary N) is 1. The van der Waals surface area contributed by atoms with Crippen LogP contribution in [0.1, 0.15) is 30.5 Å². The Bertz CT molecular complexity index is 1100. The summed E-state index contributed by atoms with van der Waals surface area (Å²) in [6.45, 7) is 10.0. The van der Waals surface area contributed by atoms with Crippen LogP contribution in [0.5, 0.6) is 0 Å². The van der Waals surface area contributed by atoms with Gasteiger partial charge in [0.1, 0.15) is 5.03 Å². The molecule has 1 aromatic heterocycles. The molecule has 172 valence electrons. The molecule has 6 nitrogen and oxygen atoms in total. The monoisotopic (exact) mass is 461 g/mol. The number of carbonyl (C=O) groups is 1. The van der Waals surface area contributed by atoms with Crippen LogP contribution in [0.15, 0.2) is 59.6 Å². The van der Waals surface area contributed by atoms with Crippen LogP contribution in [0.2, 0.25) is 0 Å². The van der Waals surface area contributed by atoms with Crippen LogP contribution in [0.4, 0.5) is 17.2 Å². The van der Waals surface area contributed by atoms with Gasteiger partial charge in [-0.2, -0.15) is 0 Å². The van der Waals surface area contributed by atoms with Gasteiger partial charge in [0.15, 0.2) is 5.82 Å². The zero-order chi connectivity index (χ0) is 23.2. The standard InChI is InChI=1S/C26H31N5OS/c1-4-30(5-2)22-10-11-23(19(3)16-22)27-25(32)18-33-26-13-12-24(28-29-26)31-15-14-20-8-6-7-9-21(20)17-31/h6-13,16H,4-5,14-15,17-18H2,1-3H3,(H,27,32). The minimum absolute atomic E-state index is 0.0443. The van der Waals surface area contributed by atoms with Gasteiger partial charge in [0, 0.05) is 37.6 Å². The van der Waals surface area contributed by atoms with Crippen molar-refractivity contribution < 1.29 is 4.79 Å². The number of hydrogen-bond acceptors (Lipinski definition) is 6. The van der Waals surface area contributed by atoms with Crippen molar-refractivity contribution in [2.24, 2.45) is 0 Å². The van der Waals surface area contributed by atoms with Gasteiger partial charge in [-0.3, -0.25) is 4.79 Å². The van der Waals surface area contributed by atoms with Crippen LogP contribution >= 0.6 is 11.8 Å². The van der Waals surface area contributed by atoms with Gasteiger partial charge >= 0.3 is 0 Å². The van der Waals surface area contributed by atoms with Crippen molar-refractivity contribution in [3.8, 4) is 0 Å². The molecule has 2 heterocycles. The van der Waals surface area contributed by atoms with E-state index in [1.807, 2.05) is 25.1 Å². The Kier molecular flexibility index (Phi) is 7.50. The first-order chi connectivity index (χ1) is 16.1. The third-order valence-corrected chi connectivity index (χ3v) is 6.96. The number of thioether (sulfide) groups is 1. The normalized spacial score (nSPS) is 12.9. The average Bonchev–Trinajstić information content (AvgIpc) is 2.85. The highest BCUT2D eigenvalue weighted by Crippen LogP contribution is 2.25. The third kappa shape index (κ3) is 5.66. The molecule has 0 spiro atoms. The van der Waals surface area contributed by atoms with Gasteiger partial charge in [-0.25, -0.2) is 0 Å². The molecule has 33 heavy (non-hydrogen) atoms. The molecular formula is C26H31N5OS. The molecule has 0 atom stereocenters. The van der Waals surface area contributed by atoms with Crippen molar-refractivity contribution in [2.75, 3.05) is 40.5 Å². The molecule has 0 radical (unpaired) electrons. The molecule has 0 bridgehead atoms. The molecule has 2 aromatic carbocycles. The maximum absolute atomic E-state index is 12.5. The van der Waals surface area contributed by atoms with Crippen LogP contribution < -0.4 is 15.1 Å². The van der Waals surface area contributed by atoms with Gasteiger partial charge in [-0.05, 0) is 74.2 Å². The summed E-state index contributed by atoms with van der Waals surface area (Å²) >= 11 is 1.40. The van der Waals surface area contributed by atoms with Crippen molar-refractivity contribution in [3.63, 3.8) is 0 Å². The minimum Gasteiger partial charge on any atom is -0.372 e. The van der Waals surface area contributed by atoms with Crippen LogP contribution in [0.3, 0.4) is 0 Å². The number of nitrogens with zero attached hydrogens (tertiary/aromatic N) is 4. The smallest absolute Gasteiger partial charge is 0.234 e. The van der Waals surface area contributed by atoms with E-state index in [-0.39, 0.29) is 5.91 Å². The fraction of sp³-hybridized carbons (Fsp3) is 0.346. The molecule has 0 saturated heterocycles. The summed E-state index contributed by atoms with van der Waals surface area (Å²) in [6.07, 6.45) is 1.02. The molecule has 7 heteroatoms. The van der Waals surface area contributed by atoms with Crippen LogP contribution in [0, 0.1) is 6.92 Å². The fourth-order valence-electron chi connectivity index (χ4n) is 4.15. The molecule has 3 aromatic rings. The SMILES string of the molecule is CCN(CC)c1ccc(NC(=O)CSc2ccc(N3CCc4ccccc4C3)nn2)c(C)c1. The van der Waals surface area contributed by atoms with Crippen molar-refractivity contribution in [1.29, 1.82) is 0 Å². The Balaban J connectivity index is 1.30. The van der Waals surface area contributed by atoms with E-state index in [1.54, 1.807) is 0 Å². The number of benzene rings is 2. The molecule has 4 rings (SSSR count). The van der Waals surface area contributed by atoms with E-state index in [2.05, 4.69) is 75.6 Å². The van der Waals surface area contributed by atoms with Crippen molar-refractivity contribution in [2.45, 2.75) is 38.8 Å². The number of anilines is 3. The maximum atomic E-state index is 12.5. The Morgan fingerprint density at radius 2 is 1.85 bits per heavy atom. The first-order valence-electron chi connectivity index (χ1n) is 11.5. The number of fused-ring (bicyclic) bond motifs is 1. The first-order valence-corrected chi connectivity index (χ1v) is 12.5. The quantitative estimate of drug-likeness (QED) is 0.480. The first kappa shape index (κ1) is 23.1. The third-order valence-electron chi connectivity index (χ3n) is 6.04. The molecule has 1 aliphatic rings. The molecule has 0 fully saturated rings. The topological polar surface area (TPSA) is 61.4 Å². The van der Waals surface area contributed by atoms with E-state index in [0.717, 1.165) is 54.7 Å². The number of rotatable bonds is 8. The predicted molar refractivity (Wildman–Crippen MR) is 137 cm³/mol. The van der Waals surface area contributed by atoms with Crippen LogP contribution in [-0.4, -0.2) is 41.5 Å². The average molecular weight is 462 g/mol. The number of carbonyl (C=O) groups excluding carboxylic acids is 1. The zero-order valence-corrected chi connectivity index (χ0v) is 20.4. The number of aromatic nitrogens is 2. The highest BCUT2D eigenvalue weighted by molar-refractivity contribution is 7.99. The molecule has 1 N–H and O–H groups in total. The van der Waals surface area contributed by atoms with Crippen molar-refractivity contribution in [3.05, 3.63) is 71.3 Å². The summed E-state index contributed by atoms with van der Waals surface area (Å²) in [4.78, 5) is 17.0. The summed E-state index contributed by atoms with van der Waals surface area (Å²) in [6, 6.07) is 18.7. The lowest BCUT2D eigenvalue weighted by Crippen LogP contribution is -2.31. The fourth-order valence-corrected chi connectivity index (χ4v) is 4.76. The Morgan fingerprint density at radius 1 is 1.06 bits per heavy atom. The second-order valence-corrected chi connectivity index (χ2v) is 9.17. The summed E-state index contributed by atoms with van der Waals surface area (Å²) < 4.78 is 0. The van der Waals surface area contributed by atoms with Crippen LogP contribution in [0.25, 0.3) is 0 Å². The second kappa shape index (κ2) is 10.7. The summed E-state index contributed by atoms with van der Waals surface area (Å²) in [5, 5.41) is 12.5. The van der Waals surface area contributed by atoms with E-state index in [4.69, 9.17) is 0 Å². The predicted octanol–water partition coefficient (Wildman–Crippen LogP) is 4.92. The van der Waals surface area contributed by atoms with E-state index >= 15 is 0 Å². The van der Waals surface area contributed by atoms with Crippen molar-refractivity contribution in [1.82, 2.24) is 10.2 Å². The highest BCUT2D eigenvalue weighted by atomic mass is 32.2. The molecule has 1 aliphatic heterocycles. The van der Waals surface area contributed by atoms with Gasteiger partial charge < -0.3 is 15.1 Å². The van der Waals surface area contributed by atoms with Gasteiger partial charge in [-0.1, -0.05) is 36.0 Å². The van der Waals surface area contributed by atoms with Gasteiger partial charge in [-0.15, -0.1) is 10.2 Å². The summed E-state index contributed by atoms with van der Waals surface area (Å²) in [5.74, 6) is 1.13. The number of aryl methyl sites for hydroxylation is 1. The van der Waals surface area contributed by atoms with E-state index in [1.165, 1.54) is 28.6 Å². The van der Waals surface area contributed by atoms with E-state index < -0.39 is 0 Å². The van der Waals surface area contributed by atoms with Gasteiger partial charge in [0.2, 0.25) is 5.91 Å².